The lowest BCUT2D eigenvalue weighted by atomic mass is 9.76. The van der Waals surface area contributed by atoms with E-state index in [1.54, 1.807) is 37.4 Å². The minimum absolute atomic E-state index is 0.0123. The van der Waals surface area contributed by atoms with Gasteiger partial charge in [0.05, 0.1) is 40.7 Å². The Morgan fingerprint density at radius 1 is 0.934 bits per heavy atom. The highest BCUT2D eigenvalue weighted by molar-refractivity contribution is 7.85. The van der Waals surface area contributed by atoms with Gasteiger partial charge in [-0.3, -0.25) is 23.8 Å². The maximum atomic E-state index is 13.2. The van der Waals surface area contributed by atoms with Crippen LogP contribution in [0.5, 0.6) is 0 Å². The van der Waals surface area contributed by atoms with E-state index in [1.165, 1.54) is 24.3 Å². The molecule has 1 atom stereocenters. The van der Waals surface area contributed by atoms with Crippen molar-refractivity contribution >= 4 is 51.0 Å². The van der Waals surface area contributed by atoms with Gasteiger partial charge in [0.2, 0.25) is 0 Å². The number of carbonyl (C=O) groups excluding carboxylic acids is 4. The zero-order valence-electron chi connectivity index (χ0n) is 35.8. The molecule has 1 unspecified atom stereocenters. The molecule has 1 saturated heterocycles. The van der Waals surface area contributed by atoms with Gasteiger partial charge in [-0.2, -0.15) is 8.42 Å². The van der Waals surface area contributed by atoms with E-state index in [-0.39, 0.29) is 29.2 Å². The summed E-state index contributed by atoms with van der Waals surface area (Å²) in [5.41, 5.74) is 4.41. The summed E-state index contributed by atoms with van der Waals surface area (Å²) < 4.78 is 37.0. The van der Waals surface area contributed by atoms with Crippen molar-refractivity contribution in [2.45, 2.75) is 102 Å². The molecule has 322 valence electrons. The number of aromatic nitrogens is 1. The maximum absolute atomic E-state index is 13.2. The molecule has 0 saturated carbocycles. The second kappa shape index (κ2) is 18.1. The Labute approximate surface area is 357 Å². The second-order valence-corrected chi connectivity index (χ2v) is 17.7. The van der Waals surface area contributed by atoms with Gasteiger partial charge in [-0.15, -0.1) is 5.06 Å². The lowest BCUT2D eigenvalue weighted by Gasteiger charge is -2.30. The van der Waals surface area contributed by atoms with Gasteiger partial charge < -0.3 is 9.74 Å². The van der Waals surface area contributed by atoms with Gasteiger partial charge >= 0.3 is 11.8 Å². The number of hydrogen-bond acceptors (Lipinski definition) is 10. The van der Waals surface area contributed by atoms with Crippen LogP contribution in [0.2, 0.25) is 0 Å². The van der Waals surface area contributed by atoms with Gasteiger partial charge in [0, 0.05) is 43.2 Å². The van der Waals surface area contributed by atoms with Crippen LogP contribution in [0.4, 0.5) is 11.5 Å². The molecule has 1 aromatic heterocycles. The third kappa shape index (κ3) is 9.14. The number of fused-ring (bicyclic) bond motifs is 2. The summed E-state index contributed by atoms with van der Waals surface area (Å²) in [6.07, 6.45) is 15.7. The minimum atomic E-state index is -4.52. The number of unbranched alkanes of at least 4 members (excludes halogenated alkanes) is 2. The average Bonchev–Trinajstić information content (AvgIpc) is 3.78. The molecule has 0 bridgehead atoms. The van der Waals surface area contributed by atoms with Crippen LogP contribution in [0.15, 0.2) is 101 Å². The fourth-order valence-electron chi connectivity index (χ4n) is 8.00. The van der Waals surface area contributed by atoms with Crippen LogP contribution < -0.4 is 9.47 Å². The third-order valence-electron chi connectivity index (χ3n) is 11.6. The Bertz CT molecular complexity index is 2460. The first kappa shape index (κ1) is 44.8. The Morgan fingerprint density at radius 2 is 1.62 bits per heavy atom. The summed E-state index contributed by atoms with van der Waals surface area (Å²) >= 11 is 0. The molecule has 1 N–H and O–H groups in total. The van der Waals surface area contributed by atoms with Crippen LogP contribution in [0.3, 0.4) is 0 Å². The monoisotopic (exact) mass is 852 g/mol. The maximum Gasteiger partial charge on any atom is 0.363 e. The molecule has 2 aromatic carbocycles. The van der Waals surface area contributed by atoms with Gasteiger partial charge in [-0.05, 0) is 105 Å². The molecular weight excluding hydrogens is 799 g/mol. The molecule has 0 spiro atoms. The van der Waals surface area contributed by atoms with Crippen molar-refractivity contribution in [3.05, 3.63) is 119 Å². The van der Waals surface area contributed by atoms with Gasteiger partial charge in [-0.1, -0.05) is 57.0 Å². The highest BCUT2D eigenvalue weighted by Gasteiger charge is 2.45. The van der Waals surface area contributed by atoms with Crippen molar-refractivity contribution in [1.82, 2.24) is 10.1 Å². The predicted octanol–water partition coefficient (Wildman–Crippen LogP) is 7.06. The molecule has 14 nitrogen and oxygen atoms in total. The molecular formula is C46H54N5O9S+. The number of hydroxylamine groups is 4. The summed E-state index contributed by atoms with van der Waals surface area (Å²) in [6, 6.07) is 13.2. The van der Waals surface area contributed by atoms with E-state index in [9.17, 15) is 32.1 Å². The number of pyridine rings is 1. The topological polar surface area (TPSA) is 167 Å². The summed E-state index contributed by atoms with van der Waals surface area (Å²) in [5, 5.41) is 1.72. The Morgan fingerprint density at radius 3 is 2.26 bits per heavy atom. The van der Waals surface area contributed by atoms with E-state index in [2.05, 4.69) is 32.6 Å². The van der Waals surface area contributed by atoms with E-state index in [4.69, 9.17) is 14.7 Å². The molecule has 1 fully saturated rings. The van der Waals surface area contributed by atoms with E-state index < -0.39 is 38.7 Å². The van der Waals surface area contributed by atoms with Crippen molar-refractivity contribution in [2.75, 3.05) is 25.6 Å². The van der Waals surface area contributed by atoms with Crippen molar-refractivity contribution in [2.24, 2.45) is 4.99 Å². The second-order valence-electron chi connectivity index (χ2n) is 16.2. The Balaban J connectivity index is 1.32. The van der Waals surface area contributed by atoms with Crippen LogP contribution in [0.1, 0.15) is 111 Å². The number of carbonyl (C=O) groups is 4. The zero-order chi connectivity index (χ0) is 44.3. The molecule has 0 aliphatic carbocycles. The molecule has 6 rings (SSSR count). The molecule has 15 heteroatoms. The largest absolute Gasteiger partial charge is 0.363 e. The van der Waals surface area contributed by atoms with Crippen LogP contribution in [0, 0.1) is 0 Å². The number of nitrogens with zero attached hydrogens (tertiary/aromatic N) is 5. The molecule has 0 radical (unpaired) electrons. The number of rotatable bonds is 16. The van der Waals surface area contributed by atoms with E-state index in [0.717, 1.165) is 59.7 Å². The molecule has 3 aliphatic heterocycles. The van der Waals surface area contributed by atoms with Crippen molar-refractivity contribution in [3.63, 3.8) is 0 Å². The highest BCUT2D eigenvalue weighted by atomic mass is 32.2. The lowest BCUT2D eigenvalue weighted by molar-refractivity contribution is -0.684. The van der Waals surface area contributed by atoms with Crippen LogP contribution in [-0.4, -0.2) is 73.2 Å². The normalized spacial score (nSPS) is 19.0. The standard InChI is InChI=1S/C46H53N5O9S/c1-8-10-25-49-30-33(43(54)48(6)59-7)27-36-42(49)47-38(45(36,3)4)15-13-12-14-16-39-46(5,35-28-34(61(56,57)58)21-22-37(35)50(39)26-11-9-2)29-31-17-19-32(20-18-31)44(55)60-51-40(52)23-24-41(51)53/h12-22,27-28,30H,8-11,23-26,29H2,1-7H3/p+1. The first-order valence-corrected chi connectivity index (χ1v) is 22.0. The number of aryl methyl sites for hydroxylation is 1. The van der Waals surface area contributed by atoms with Crippen LogP contribution in [0.25, 0.3) is 0 Å². The first-order chi connectivity index (χ1) is 28.9. The number of anilines is 1. The number of imide groups is 1. The molecule has 3 aromatic rings. The van der Waals surface area contributed by atoms with Crippen LogP contribution >= 0.6 is 0 Å². The zero-order valence-corrected chi connectivity index (χ0v) is 36.6. The summed E-state index contributed by atoms with van der Waals surface area (Å²) in [7, 11) is -1.47. The van der Waals surface area contributed by atoms with Gasteiger partial charge in [0.25, 0.3) is 27.8 Å². The van der Waals surface area contributed by atoms with Gasteiger partial charge in [0.15, 0.2) is 5.71 Å². The van der Waals surface area contributed by atoms with E-state index in [0.29, 0.717) is 35.7 Å². The number of aliphatic imine (C=N–C) groups is 1. The minimum Gasteiger partial charge on any atom is -0.344 e. The first-order valence-electron chi connectivity index (χ1n) is 20.6. The number of benzene rings is 2. The fourth-order valence-corrected chi connectivity index (χ4v) is 8.50. The third-order valence-corrected chi connectivity index (χ3v) is 12.5. The Hall–Kier alpha value is -5.77. The number of allylic oxidation sites excluding steroid dienone is 6. The quantitative estimate of drug-likeness (QED) is 0.0519. The summed E-state index contributed by atoms with van der Waals surface area (Å²) in [6.45, 7) is 11.8. The van der Waals surface area contributed by atoms with Crippen molar-refractivity contribution in [1.29, 1.82) is 0 Å². The molecule has 61 heavy (non-hydrogen) atoms. The van der Waals surface area contributed by atoms with Gasteiger partial charge in [-0.25, -0.2) is 14.4 Å². The predicted molar refractivity (Wildman–Crippen MR) is 230 cm³/mol. The number of hydrogen-bond donors (Lipinski definition) is 1. The SMILES string of the molecule is CCCCN1/C(=C/C=C/C=C/C2=Nc3c(cc(C(=O)N(C)OC)c[n+]3CCCC)C2(C)C)C(C)(Cc2ccc(C(=O)ON3C(=O)CCC3=O)cc2)c2cc(S(=O)(=O)O)ccc21. The summed E-state index contributed by atoms with van der Waals surface area (Å²) in [5.74, 6) is -1.41. The van der Waals surface area contributed by atoms with Crippen LogP contribution in [-0.2, 0) is 53.2 Å². The van der Waals surface area contributed by atoms with Crippen molar-refractivity contribution in [3.8, 4) is 0 Å². The fraction of sp³-hybridized carbons (Fsp3) is 0.391. The van der Waals surface area contributed by atoms with Gasteiger partial charge in [0.1, 0.15) is 6.20 Å². The molecule has 3 aliphatic rings. The smallest absolute Gasteiger partial charge is 0.344 e. The van der Waals surface area contributed by atoms with E-state index >= 15 is 0 Å². The lowest BCUT2D eigenvalue weighted by Crippen LogP contribution is -2.38. The highest BCUT2D eigenvalue weighted by Crippen LogP contribution is 2.50. The molecule has 4 heterocycles. The van der Waals surface area contributed by atoms with Crippen molar-refractivity contribution < 1.29 is 46.4 Å². The summed E-state index contributed by atoms with van der Waals surface area (Å²) in [4.78, 5) is 67.4. The number of amides is 3. The average molecular weight is 853 g/mol. The Kier molecular flexibility index (Phi) is 13.3. The molecule has 3 amide bonds. The van der Waals surface area contributed by atoms with E-state index in [1.807, 2.05) is 54.1 Å².